The van der Waals surface area contributed by atoms with E-state index in [2.05, 4.69) is 0 Å². The van der Waals surface area contributed by atoms with Crippen LogP contribution in [0, 0.1) is 0 Å². The minimum absolute atomic E-state index is 0.0359. The summed E-state index contributed by atoms with van der Waals surface area (Å²) in [7, 11) is 0. The Hall–Kier alpha value is -0.770. The number of carbonyl (C=O) groups is 1. The molecule has 1 rings (SSSR count). The molecule has 2 N–H and O–H groups in total. The third kappa shape index (κ3) is 3.09. The van der Waals surface area contributed by atoms with E-state index in [9.17, 15) is 15.0 Å². The molecule has 2 unspecified atom stereocenters. The Morgan fingerprint density at radius 1 is 1.33 bits per heavy atom. The first-order valence-corrected chi connectivity index (χ1v) is 5.52. The van der Waals surface area contributed by atoms with Crippen molar-refractivity contribution in [3.05, 3.63) is 0 Å². The summed E-state index contributed by atoms with van der Waals surface area (Å²) >= 11 is 0. The number of amides is 1. The van der Waals surface area contributed by atoms with Gasteiger partial charge >= 0.3 is 6.09 Å². The monoisotopic (exact) mass is 215 g/mol. The lowest BCUT2D eigenvalue weighted by atomic mass is 9.89. The predicted octanol–water partition coefficient (Wildman–Crippen LogP) is 2.07. The Morgan fingerprint density at radius 2 is 1.93 bits per heavy atom. The average molecular weight is 215 g/mol. The fourth-order valence-electron chi connectivity index (χ4n) is 2.36. The Bertz CT molecular complexity index is 234. The summed E-state index contributed by atoms with van der Waals surface area (Å²) in [6.07, 6.45) is 1.92. The summed E-state index contributed by atoms with van der Waals surface area (Å²) < 4.78 is 0. The summed E-state index contributed by atoms with van der Waals surface area (Å²) in [5.74, 6) is 0. The summed E-state index contributed by atoms with van der Waals surface area (Å²) in [5, 5.41) is 18.7. The van der Waals surface area contributed by atoms with Crippen molar-refractivity contribution < 1.29 is 15.0 Å². The highest BCUT2D eigenvalue weighted by molar-refractivity contribution is 5.66. The van der Waals surface area contributed by atoms with Crippen molar-refractivity contribution in [2.75, 3.05) is 0 Å². The van der Waals surface area contributed by atoms with E-state index in [0.717, 1.165) is 19.3 Å². The van der Waals surface area contributed by atoms with Crippen LogP contribution in [-0.2, 0) is 0 Å². The molecule has 0 aromatic carbocycles. The number of hydrogen-bond acceptors (Lipinski definition) is 2. The van der Waals surface area contributed by atoms with Crippen LogP contribution in [0.4, 0.5) is 4.79 Å². The summed E-state index contributed by atoms with van der Waals surface area (Å²) in [6, 6.07) is -0.0359. The van der Waals surface area contributed by atoms with Crippen molar-refractivity contribution in [2.45, 2.75) is 64.1 Å². The second-order valence-electron chi connectivity index (χ2n) is 5.30. The fraction of sp³-hybridized carbons (Fsp3) is 0.909. The van der Waals surface area contributed by atoms with E-state index in [1.807, 2.05) is 20.8 Å². The van der Waals surface area contributed by atoms with E-state index >= 15 is 0 Å². The molecule has 88 valence electrons. The Labute approximate surface area is 90.9 Å². The lowest BCUT2D eigenvalue weighted by molar-refractivity contribution is 0.0229. The Morgan fingerprint density at radius 3 is 2.33 bits per heavy atom. The normalized spacial score (nSPS) is 27.5. The maximum Gasteiger partial charge on any atom is 0.407 e. The zero-order chi connectivity index (χ0) is 11.6. The second kappa shape index (κ2) is 4.39. The second-order valence-corrected chi connectivity index (χ2v) is 5.30. The molecule has 0 saturated heterocycles. The van der Waals surface area contributed by atoms with Gasteiger partial charge in [0.2, 0.25) is 0 Å². The van der Waals surface area contributed by atoms with E-state index in [0.29, 0.717) is 6.42 Å². The topological polar surface area (TPSA) is 60.8 Å². The van der Waals surface area contributed by atoms with Gasteiger partial charge in [-0.3, -0.25) is 0 Å². The molecule has 0 aromatic heterocycles. The van der Waals surface area contributed by atoms with Crippen LogP contribution in [0.3, 0.4) is 0 Å². The first-order valence-electron chi connectivity index (χ1n) is 5.52. The van der Waals surface area contributed by atoms with Crippen molar-refractivity contribution in [1.29, 1.82) is 0 Å². The molecule has 1 aliphatic carbocycles. The molecule has 4 heteroatoms. The number of aliphatic hydroxyl groups is 1. The number of rotatable bonds is 1. The molecule has 1 fully saturated rings. The molecule has 1 amide bonds. The van der Waals surface area contributed by atoms with E-state index in [4.69, 9.17) is 0 Å². The molecular formula is C11H21NO3. The molecule has 0 aliphatic heterocycles. The molecule has 1 aliphatic rings. The van der Waals surface area contributed by atoms with Crippen molar-refractivity contribution in [1.82, 2.24) is 4.90 Å². The molecular weight excluding hydrogens is 194 g/mol. The molecule has 4 nitrogen and oxygen atoms in total. The van der Waals surface area contributed by atoms with Crippen molar-refractivity contribution >= 4 is 6.09 Å². The average Bonchev–Trinajstić information content (AvgIpc) is 1.99. The highest BCUT2D eigenvalue weighted by Gasteiger charge is 2.35. The van der Waals surface area contributed by atoms with Gasteiger partial charge in [-0.1, -0.05) is 0 Å². The van der Waals surface area contributed by atoms with Crippen molar-refractivity contribution in [2.24, 2.45) is 0 Å². The minimum atomic E-state index is -0.887. The summed E-state index contributed by atoms with van der Waals surface area (Å²) in [4.78, 5) is 12.7. The van der Waals surface area contributed by atoms with Crippen LogP contribution >= 0.6 is 0 Å². The maximum atomic E-state index is 11.2. The largest absolute Gasteiger partial charge is 0.465 e. The first kappa shape index (κ1) is 12.3. The van der Waals surface area contributed by atoms with Crippen LogP contribution in [0.15, 0.2) is 0 Å². The number of hydrogen-bond donors (Lipinski definition) is 2. The predicted molar refractivity (Wildman–Crippen MR) is 57.9 cm³/mol. The van der Waals surface area contributed by atoms with Gasteiger partial charge in [0.1, 0.15) is 0 Å². The van der Waals surface area contributed by atoms with Crippen LogP contribution < -0.4 is 0 Å². The van der Waals surface area contributed by atoms with Crippen LogP contribution in [0.2, 0.25) is 0 Å². The van der Waals surface area contributed by atoms with E-state index < -0.39 is 11.6 Å². The van der Waals surface area contributed by atoms with Crippen LogP contribution in [0.25, 0.3) is 0 Å². The van der Waals surface area contributed by atoms with Gasteiger partial charge in [0, 0.05) is 11.6 Å². The van der Waals surface area contributed by atoms with Gasteiger partial charge in [0.25, 0.3) is 0 Å². The van der Waals surface area contributed by atoms with Crippen LogP contribution in [0.5, 0.6) is 0 Å². The van der Waals surface area contributed by atoms with E-state index in [-0.39, 0.29) is 12.1 Å². The number of nitrogens with zero attached hydrogens (tertiary/aromatic N) is 1. The minimum Gasteiger partial charge on any atom is -0.465 e. The van der Waals surface area contributed by atoms with Gasteiger partial charge in [0.15, 0.2) is 0 Å². The van der Waals surface area contributed by atoms with Gasteiger partial charge in [-0.25, -0.2) is 4.79 Å². The highest BCUT2D eigenvalue weighted by atomic mass is 16.4. The molecule has 0 bridgehead atoms. The smallest absolute Gasteiger partial charge is 0.407 e. The fourth-order valence-corrected chi connectivity index (χ4v) is 2.36. The third-order valence-corrected chi connectivity index (χ3v) is 2.91. The van der Waals surface area contributed by atoms with Crippen molar-refractivity contribution in [3.8, 4) is 0 Å². The summed E-state index contributed by atoms with van der Waals surface area (Å²) in [5.41, 5.74) is -0.395. The molecule has 15 heavy (non-hydrogen) atoms. The summed E-state index contributed by atoms with van der Waals surface area (Å²) in [6.45, 7) is 5.67. The zero-order valence-electron chi connectivity index (χ0n) is 9.73. The molecule has 0 radical (unpaired) electrons. The molecule has 2 atom stereocenters. The van der Waals surface area contributed by atoms with Gasteiger partial charge in [-0.2, -0.15) is 0 Å². The lowest BCUT2D eigenvalue weighted by Crippen LogP contribution is -2.53. The zero-order valence-corrected chi connectivity index (χ0v) is 9.73. The van der Waals surface area contributed by atoms with Gasteiger partial charge in [0.05, 0.1) is 6.10 Å². The first-order chi connectivity index (χ1) is 6.82. The van der Waals surface area contributed by atoms with Crippen molar-refractivity contribution in [3.63, 3.8) is 0 Å². The van der Waals surface area contributed by atoms with Crippen LogP contribution in [-0.4, -0.2) is 38.9 Å². The molecule has 0 spiro atoms. The third-order valence-electron chi connectivity index (χ3n) is 2.91. The van der Waals surface area contributed by atoms with Gasteiger partial charge in [-0.15, -0.1) is 0 Å². The van der Waals surface area contributed by atoms with E-state index in [1.165, 1.54) is 4.90 Å². The maximum absolute atomic E-state index is 11.2. The van der Waals surface area contributed by atoms with Gasteiger partial charge in [-0.05, 0) is 46.5 Å². The lowest BCUT2D eigenvalue weighted by Gasteiger charge is -2.42. The van der Waals surface area contributed by atoms with Crippen LogP contribution in [0.1, 0.15) is 46.5 Å². The SMILES string of the molecule is CC(C)(C)N(C(=O)O)C1CCCC(O)C1. The quantitative estimate of drug-likeness (QED) is 0.704. The van der Waals surface area contributed by atoms with Gasteiger partial charge < -0.3 is 15.1 Å². The van der Waals surface area contributed by atoms with E-state index in [1.54, 1.807) is 0 Å². The standard InChI is InChI=1S/C11H21NO3/c1-11(2,3)12(10(14)15)8-5-4-6-9(13)7-8/h8-9,13H,4-7H2,1-3H3,(H,14,15). The molecule has 0 heterocycles. The number of carboxylic acid groups (broad SMARTS) is 1. The Kier molecular flexibility index (Phi) is 3.60. The molecule has 1 saturated carbocycles. The Balaban J connectivity index is 2.76. The number of aliphatic hydroxyl groups excluding tert-OH is 1. The molecule has 0 aromatic rings. The highest BCUT2D eigenvalue weighted by Crippen LogP contribution is 2.28.